The van der Waals surface area contributed by atoms with Crippen molar-refractivity contribution in [2.45, 2.75) is 37.5 Å². The number of hydrogen-bond acceptors (Lipinski definition) is 7. The highest BCUT2D eigenvalue weighted by atomic mass is 35.5. The minimum absolute atomic E-state index is 0.0385. The van der Waals surface area contributed by atoms with Crippen LogP contribution in [0.2, 0.25) is 5.02 Å². The second kappa shape index (κ2) is 10.00. The molecular weight excluding hydrogens is 527 g/mol. The Bertz CT molecular complexity index is 1520. The minimum atomic E-state index is -4.98. The zero-order valence-corrected chi connectivity index (χ0v) is 20.3. The number of rotatable bonds is 5. The van der Waals surface area contributed by atoms with Gasteiger partial charge in [-0.3, -0.25) is 19.6 Å². The van der Waals surface area contributed by atoms with E-state index in [1.165, 1.54) is 12.1 Å². The molecule has 2 atom stereocenters. The Hall–Kier alpha value is -4.08. The summed E-state index contributed by atoms with van der Waals surface area (Å²) in [5.74, 6) is -1.31. The summed E-state index contributed by atoms with van der Waals surface area (Å²) < 4.78 is 52.9. The normalized spacial score (nSPS) is 18.8. The first-order chi connectivity index (χ1) is 18.1. The van der Waals surface area contributed by atoms with E-state index in [-0.39, 0.29) is 35.2 Å². The molecule has 2 aliphatic heterocycles. The number of hydrogen-bond donors (Lipinski definition) is 2. The summed E-state index contributed by atoms with van der Waals surface area (Å²) in [6.07, 6.45) is -3.19. The molecule has 3 heterocycles. The predicted molar refractivity (Wildman–Crippen MR) is 128 cm³/mol. The number of alkyl halides is 3. The number of fused-ring (bicyclic) bond motifs is 1. The van der Waals surface area contributed by atoms with Crippen molar-refractivity contribution in [1.82, 2.24) is 20.4 Å². The topological polar surface area (TPSA) is 118 Å². The third-order valence-electron chi connectivity index (χ3n) is 6.25. The van der Waals surface area contributed by atoms with Crippen molar-refractivity contribution in [3.05, 3.63) is 80.5 Å². The molecule has 0 radical (unpaired) electrons. The molecular formula is C25H19ClF3N5O4. The number of hydrazine groups is 1. The van der Waals surface area contributed by atoms with Gasteiger partial charge in [0.1, 0.15) is 11.5 Å². The number of halogens is 4. The molecule has 196 valence electrons. The van der Waals surface area contributed by atoms with Crippen LogP contribution in [0.1, 0.15) is 34.7 Å². The second-order valence-electron chi connectivity index (χ2n) is 8.85. The quantitative estimate of drug-likeness (QED) is 0.502. The molecule has 0 bridgehead atoms. The summed E-state index contributed by atoms with van der Waals surface area (Å²) in [5.41, 5.74) is 4.60. The molecule has 2 aromatic carbocycles. The van der Waals surface area contributed by atoms with Crippen molar-refractivity contribution in [1.29, 1.82) is 5.26 Å². The van der Waals surface area contributed by atoms with Crippen LogP contribution in [0, 0.1) is 11.3 Å². The molecule has 2 aliphatic rings. The monoisotopic (exact) mass is 545 g/mol. The van der Waals surface area contributed by atoms with Crippen LogP contribution in [0.4, 0.5) is 13.2 Å². The molecule has 2 N–H and O–H groups in total. The molecule has 3 aromatic rings. The van der Waals surface area contributed by atoms with Crippen LogP contribution in [0.25, 0.3) is 0 Å². The van der Waals surface area contributed by atoms with Gasteiger partial charge in [-0.2, -0.15) is 18.4 Å². The van der Waals surface area contributed by atoms with Crippen LogP contribution in [-0.2, 0) is 23.9 Å². The van der Waals surface area contributed by atoms with Gasteiger partial charge < -0.3 is 9.47 Å². The zero-order valence-electron chi connectivity index (χ0n) is 19.5. The van der Waals surface area contributed by atoms with E-state index in [1.807, 2.05) is 18.2 Å². The Kier molecular flexibility index (Phi) is 6.73. The van der Waals surface area contributed by atoms with Gasteiger partial charge in [0.25, 0.3) is 5.56 Å². The van der Waals surface area contributed by atoms with E-state index in [1.54, 1.807) is 6.07 Å². The second-order valence-corrected chi connectivity index (χ2v) is 9.29. The van der Waals surface area contributed by atoms with E-state index in [0.29, 0.717) is 6.61 Å². The maximum atomic E-state index is 13.7. The van der Waals surface area contributed by atoms with Crippen molar-refractivity contribution in [3.8, 4) is 23.3 Å². The zero-order chi connectivity index (χ0) is 27.0. The number of amides is 1. The lowest BCUT2D eigenvalue weighted by atomic mass is 9.89. The number of nitriles is 1. The fourth-order valence-corrected chi connectivity index (χ4v) is 4.70. The van der Waals surface area contributed by atoms with Crippen LogP contribution in [0.15, 0.2) is 47.5 Å². The summed E-state index contributed by atoms with van der Waals surface area (Å²) in [6, 6.07) is 10.5. The highest BCUT2D eigenvalue weighted by Gasteiger charge is 2.39. The number of nitrogens with one attached hydrogen (secondary N) is 2. The van der Waals surface area contributed by atoms with E-state index in [0.717, 1.165) is 40.3 Å². The molecule has 1 fully saturated rings. The number of carbonyl (C=O) groups is 1. The first-order valence-corrected chi connectivity index (χ1v) is 11.9. The lowest BCUT2D eigenvalue weighted by molar-refractivity contribution is -0.142. The summed E-state index contributed by atoms with van der Waals surface area (Å²) >= 11 is 5.93. The number of carbonyl (C=O) groups excluding carboxylic acids is 1. The van der Waals surface area contributed by atoms with E-state index in [2.05, 4.69) is 15.8 Å². The van der Waals surface area contributed by atoms with Crippen LogP contribution >= 0.6 is 11.6 Å². The third kappa shape index (κ3) is 5.16. The molecule has 5 rings (SSSR count). The van der Waals surface area contributed by atoms with E-state index in [9.17, 15) is 22.8 Å². The van der Waals surface area contributed by atoms with Gasteiger partial charge in [0, 0.05) is 24.0 Å². The van der Waals surface area contributed by atoms with Gasteiger partial charge in [0.15, 0.2) is 5.69 Å². The first-order valence-electron chi connectivity index (χ1n) is 11.5. The van der Waals surface area contributed by atoms with Gasteiger partial charge in [-0.25, -0.2) is 10.4 Å². The van der Waals surface area contributed by atoms with Gasteiger partial charge >= 0.3 is 6.18 Å². The summed E-state index contributed by atoms with van der Waals surface area (Å²) in [4.78, 5) is 29.2. The average Bonchev–Trinajstić information content (AvgIpc) is 3.34. The molecule has 1 aromatic heterocycles. The van der Waals surface area contributed by atoms with Gasteiger partial charge in [-0.05, 0) is 41.8 Å². The molecule has 1 amide bonds. The van der Waals surface area contributed by atoms with Crippen LogP contribution in [-0.4, -0.2) is 28.1 Å². The number of aromatic nitrogens is 2. The first kappa shape index (κ1) is 25.6. The van der Waals surface area contributed by atoms with Crippen LogP contribution in [0.3, 0.4) is 0 Å². The fourth-order valence-electron chi connectivity index (χ4n) is 4.48. The highest BCUT2D eigenvalue weighted by molar-refractivity contribution is 6.30. The largest absolute Gasteiger partial charge is 0.493 e. The predicted octanol–water partition coefficient (Wildman–Crippen LogP) is 3.69. The Morgan fingerprint density at radius 3 is 2.82 bits per heavy atom. The molecule has 2 unspecified atom stereocenters. The molecule has 9 nitrogen and oxygen atoms in total. The molecule has 38 heavy (non-hydrogen) atoms. The van der Waals surface area contributed by atoms with Gasteiger partial charge in [0.05, 0.1) is 30.5 Å². The Morgan fingerprint density at radius 2 is 2.05 bits per heavy atom. The van der Waals surface area contributed by atoms with Crippen molar-refractivity contribution in [2.75, 3.05) is 6.61 Å². The van der Waals surface area contributed by atoms with E-state index < -0.39 is 35.1 Å². The van der Waals surface area contributed by atoms with E-state index >= 15 is 0 Å². The van der Waals surface area contributed by atoms with Crippen molar-refractivity contribution in [3.63, 3.8) is 0 Å². The van der Waals surface area contributed by atoms with Crippen molar-refractivity contribution >= 4 is 17.5 Å². The molecule has 13 heteroatoms. The summed E-state index contributed by atoms with van der Waals surface area (Å²) in [5, 5.41) is 9.16. The smallest absolute Gasteiger partial charge is 0.437 e. The Labute approximate surface area is 218 Å². The number of benzene rings is 2. The van der Waals surface area contributed by atoms with Crippen LogP contribution < -0.4 is 25.9 Å². The van der Waals surface area contributed by atoms with Crippen LogP contribution in [0.5, 0.6) is 17.2 Å². The van der Waals surface area contributed by atoms with Crippen molar-refractivity contribution in [2.24, 2.45) is 0 Å². The maximum Gasteiger partial charge on any atom is 0.437 e. The van der Waals surface area contributed by atoms with Crippen molar-refractivity contribution < 1.29 is 27.4 Å². The number of ether oxygens (including phenoxy) is 2. The SMILES string of the molecule is N#Cc1cc(Cl)cc(Oc2c(C(F)(F)F)ncn(CC3CC(c4ccc5c(c4)CCO5)C(=O)NN3)c2=O)c1. The standard InChI is InChI=1S/C25H19ClF3N5O4/c26-16-5-13(10-30)6-18(8-16)38-21-22(25(27,28)29)31-12-34(24(21)36)11-17-9-19(23(35)33-32-17)14-1-2-20-15(7-14)3-4-37-20/h1-2,5-8,12,17,19,32H,3-4,9,11H2,(H,33,35). The average molecular weight is 546 g/mol. The van der Waals surface area contributed by atoms with Gasteiger partial charge in [-0.15, -0.1) is 0 Å². The summed E-state index contributed by atoms with van der Waals surface area (Å²) in [6.45, 7) is 0.464. The summed E-state index contributed by atoms with van der Waals surface area (Å²) in [7, 11) is 0. The molecule has 0 spiro atoms. The third-order valence-corrected chi connectivity index (χ3v) is 6.47. The fraction of sp³-hybridized carbons (Fsp3) is 0.280. The number of nitrogens with zero attached hydrogens (tertiary/aromatic N) is 3. The van der Waals surface area contributed by atoms with Gasteiger partial charge in [0.2, 0.25) is 11.7 Å². The van der Waals surface area contributed by atoms with Gasteiger partial charge in [-0.1, -0.05) is 23.7 Å². The molecule has 0 saturated carbocycles. The molecule has 1 saturated heterocycles. The Morgan fingerprint density at radius 1 is 1.24 bits per heavy atom. The highest BCUT2D eigenvalue weighted by Crippen LogP contribution is 2.36. The Balaban J connectivity index is 1.43. The minimum Gasteiger partial charge on any atom is -0.493 e. The lowest BCUT2D eigenvalue weighted by Crippen LogP contribution is -2.54. The molecule has 0 aliphatic carbocycles. The van der Waals surface area contributed by atoms with E-state index in [4.69, 9.17) is 26.3 Å². The lowest BCUT2D eigenvalue weighted by Gasteiger charge is -2.31. The maximum absolute atomic E-state index is 13.7.